The molecule has 1 aliphatic carbocycles. The van der Waals surface area contributed by atoms with Gasteiger partial charge in [0.2, 0.25) is 0 Å². The van der Waals surface area contributed by atoms with Gasteiger partial charge in [-0.3, -0.25) is 0 Å². The largest absolute Gasteiger partial charge is 0.497 e. The van der Waals surface area contributed by atoms with Crippen LogP contribution in [0.4, 0.5) is 0 Å². The van der Waals surface area contributed by atoms with Crippen LogP contribution in [-0.4, -0.2) is 30.7 Å². The summed E-state index contributed by atoms with van der Waals surface area (Å²) in [5.41, 5.74) is 0. The van der Waals surface area contributed by atoms with E-state index in [2.05, 4.69) is 23.2 Å². The monoisotopic (exact) mass is 241 g/mol. The maximum absolute atomic E-state index is 5.73. The Bertz CT molecular complexity index is 236. The second kappa shape index (κ2) is 6.55. The molecule has 0 aromatic rings. The molecular formula is C13H23NOS. The molecule has 2 rings (SSSR count). The highest BCUT2D eigenvalue weighted by atomic mass is 32.2. The smallest absolute Gasteiger partial charge is 0.110 e. The molecule has 0 aromatic carbocycles. The molecule has 0 bridgehead atoms. The molecule has 92 valence electrons. The molecule has 2 aliphatic rings. The van der Waals surface area contributed by atoms with Crippen molar-refractivity contribution in [3.63, 3.8) is 0 Å². The van der Waals surface area contributed by atoms with Gasteiger partial charge >= 0.3 is 0 Å². The Morgan fingerprint density at radius 1 is 1.44 bits per heavy atom. The lowest BCUT2D eigenvalue weighted by Crippen LogP contribution is -2.32. The minimum atomic E-state index is 0.422. The van der Waals surface area contributed by atoms with Crippen LogP contribution in [0.5, 0.6) is 0 Å². The van der Waals surface area contributed by atoms with Crippen molar-refractivity contribution in [2.24, 2.45) is 0 Å². The van der Waals surface area contributed by atoms with Crippen LogP contribution in [0.1, 0.15) is 38.5 Å². The molecule has 1 heterocycles. The van der Waals surface area contributed by atoms with E-state index in [-0.39, 0.29) is 0 Å². The standard InChI is InChI=1S/C13H23NOS/c1-14-12(13-8-4-5-9-15-13)10-16-11-6-2-3-7-11/h8,11-12,14H,2-7,9-10H2,1H3. The fourth-order valence-corrected chi connectivity index (χ4v) is 3.88. The number of hydrogen-bond donors (Lipinski definition) is 1. The van der Waals surface area contributed by atoms with E-state index in [4.69, 9.17) is 4.74 Å². The van der Waals surface area contributed by atoms with Crippen LogP contribution in [0.25, 0.3) is 0 Å². The first-order chi connectivity index (χ1) is 7.90. The van der Waals surface area contributed by atoms with Crippen molar-refractivity contribution in [1.82, 2.24) is 5.32 Å². The summed E-state index contributed by atoms with van der Waals surface area (Å²) in [7, 11) is 2.04. The highest BCUT2D eigenvalue weighted by Gasteiger charge is 2.20. The van der Waals surface area contributed by atoms with Crippen molar-refractivity contribution in [3.05, 3.63) is 11.8 Å². The van der Waals surface area contributed by atoms with Crippen LogP contribution in [0, 0.1) is 0 Å². The highest BCUT2D eigenvalue weighted by molar-refractivity contribution is 7.99. The van der Waals surface area contributed by atoms with E-state index in [9.17, 15) is 0 Å². The molecule has 0 spiro atoms. The van der Waals surface area contributed by atoms with E-state index in [0.717, 1.165) is 17.6 Å². The number of hydrogen-bond acceptors (Lipinski definition) is 3. The molecule has 0 radical (unpaired) electrons. The molecular weight excluding hydrogens is 218 g/mol. The third-order valence-corrected chi connectivity index (χ3v) is 4.92. The lowest BCUT2D eigenvalue weighted by molar-refractivity contribution is 0.173. The Kier molecular flexibility index (Phi) is 5.04. The summed E-state index contributed by atoms with van der Waals surface area (Å²) in [6, 6.07) is 0.422. The summed E-state index contributed by atoms with van der Waals surface area (Å²) in [5.74, 6) is 2.34. The van der Waals surface area contributed by atoms with Gasteiger partial charge < -0.3 is 10.1 Å². The van der Waals surface area contributed by atoms with Crippen molar-refractivity contribution in [2.75, 3.05) is 19.4 Å². The fourth-order valence-electron chi connectivity index (χ4n) is 2.41. The zero-order chi connectivity index (χ0) is 11.2. The van der Waals surface area contributed by atoms with Crippen LogP contribution in [-0.2, 0) is 4.74 Å². The van der Waals surface area contributed by atoms with Crippen LogP contribution in [0.3, 0.4) is 0 Å². The van der Waals surface area contributed by atoms with Crippen LogP contribution >= 0.6 is 11.8 Å². The zero-order valence-electron chi connectivity index (χ0n) is 10.2. The van der Waals surface area contributed by atoms with Gasteiger partial charge in [-0.25, -0.2) is 0 Å². The Labute approximate surface area is 103 Å². The van der Waals surface area contributed by atoms with Crippen molar-refractivity contribution in [3.8, 4) is 0 Å². The summed E-state index contributed by atoms with van der Waals surface area (Å²) in [6.45, 7) is 0.901. The first-order valence-electron chi connectivity index (χ1n) is 6.52. The second-order valence-corrected chi connectivity index (χ2v) is 6.01. The van der Waals surface area contributed by atoms with E-state index >= 15 is 0 Å². The lowest BCUT2D eigenvalue weighted by Gasteiger charge is -2.24. The zero-order valence-corrected chi connectivity index (χ0v) is 11.0. The molecule has 1 N–H and O–H groups in total. The third-order valence-electron chi connectivity index (χ3n) is 3.46. The average Bonchev–Trinajstić information content (AvgIpc) is 2.84. The summed E-state index contributed by atoms with van der Waals surface area (Å²) >= 11 is 2.13. The number of nitrogens with one attached hydrogen (secondary N) is 1. The minimum Gasteiger partial charge on any atom is -0.497 e. The van der Waals surface area contributed by atoms with E-state index in [0.29, 0.717) is 6.04 Å². The van der Waals surface area contributed by atoms with Crippen molar-refractivity contribution < 1.29 is 4.74 Å². The molecule has 1 unspecified atom stereocenters. The Morgan fingerprint density at radius 2 is 2.25 bits per heavy atom. The summed E-state index contributed by atoms with van der Waals surface area (Å²) in [6.07, 6.45) is 10.3. The normalized spacial score (nSPS) is 23.9. The number of rotatable bonds is 5. The van der Waals surface area contributed by atoms with Gasteiger partial charge in [0.05, 0.1) is 12.6 Å². The average molecular weight is 241 g/mol. The molecule has 0 amide bonds. The highest BCUT2D eigenvalue weighted by Crippen LogP contribution is 2.30. The van der Waals surface area contributed by atoms with Gasteiger partial charge in [0.15, 0.2) is 0 Å². The molecule has 2 nitrogen and oxygen atoms in total. The summed E-state index contributed by atoms with van der Waals surface area (Å²) in [4.78, 5) is 0. The first kappa shape index (κ1) is 12.3. The minimum absolute atomic E-state index is 0.422. The molecule has 1 saturated carbocycles. The first-order valence-corrected chi connectivity index (χ1v) is 7.56. The number of allylic oxidation sites excluding steroid dienone is 1. The summed E-state index contributed by atoms with van der Waals surface area (Å²) < 4.78 is 5.73. The van der Waals surface area contributed by atoms with Gasteiger partial charge in [-0.1, -0.05) is 12.8 Å². The SMILES string of the molecule is CNC(CSC1CCCC1)C1=CCCCO1. The maximum Gasteiger partial charge on any atom is 0.110 e. The van der Waals surface area contributed by atoms with Gasteiger partial charge in [0, 0.05) is 11.0 Å². The molecule has 1 aliphatic heterocycles. The quantitative estimate of drug-likeness (QED) is 0.799. The molecule has 0 aromatic heterocycles. The number of thioether (sulfide) groups is 1. The third kappa shape index (κ3) is 3.42. The lowest BCUT2D eigenvalue weighted by atomic mass is 10.2. The van der Waals surface area contributed by atoms with Crippen molar-refractivity contribution in [1.29, 1.82) is 0 Å². The fraction of sp³-hybridized carbons (Fsp3) is 0.846. The topological polar surface area (TPSA) is 21.3 Å². The summed E-state index contributed by atoms with van der Waals surface area (Å²) in [5, 5.41) is 4.28. The van der Waals surface area contributed by atoms with Crippen LogP contribution in [0.2, 0.25) is 0 Å². The van der Waals surface area contributed by atoms with E-state index < -0.39 is 0 Å². The predicted molar refractivity (Wildman–Crippen MR) is 70.8 cm³/mol. The number of likely N-dealkylation sites (N-methyl/N-ethyl adjacent to an activating group) is 1. The van der Waals surface area contributed by atoms with E-state index in [1.165, 1.54) is 44.3 Å². The van der Waals surface area contributed by atoms with Gasteiger partial charge in [-0.2, -0.15) is 11.8 Å². The van der Waals surface area contributed by atoms with Gasteiger partial charge in [-0.05, 0) is 38.8 Å². The molecule has 0 saturated heterocycles. The Morgan fingerprint density at radius 3 is 2.88 bits per heavy atom. The van der Waals surface area contributed by atoms with Crippen molar-refractivity contribution in [2.45, 2.75) is 49.8 Å². The molecule has 16 heavy (non-hydrogen) atoms. The van der Waals surface area contributed by atoms with Gasteiger partial charge in [0.25, 0.3) is 0 Å². The number of ether oxygens (including phenoxy) is 1. The van der Waals surface area contributed by atoms with Crippen LogP contribution < -0.4 is 5.32 Å². The Balaban J connectivity index is 1.77. The van der Waals surface area contributed by atoms with E-state index in [1.54, 1.807) is 0 Å². The molecule has 1 fully saturated rings. The maximum atomic E-state index is 5.73. The molecule has 3 heteroatoms. The molecule has 1 atom stereocenters. The van der Waals surface area contributed by atoms with Crippen molar-refractivity contribution >= 4 is 11.8 Å². The van der Waals surface area contributed by atoms with E-state index in [1.807, 2.05) is 7.05 Å². The van der Waals surface area contributed by atoms with Gasteiger partial charge in [0.1, 0.15) is 5.76 Å². The Hall–Kier alpha value is -0.150. The van der Waals surface area contributed by atoms with Gasteiger partial charge in [-0.15, -0.1) is 0 Å². The second-order valence-electron chi connectivity index (χ2n) is 4.68. The van der Waals surface area contributed by atoms with Crippen LogP contribution in [0.15, 0.2) is 11.8 Å². The predicted octanol–water partition coefficient (Wildman–Crippen LogP) is 2.94.